The highest BCUT2D eigenvalue weighted by Gasteiger charge is 2.32. The number of sulfonamides is 1. The minimum atomic E-state index is -3.51. The molecule has 1 heterocycles. The average Bonchev–Trinajstić information content (AvgIpc) is 3.35. The number of carbonyl (C=O) groups is 1. The molecule has 1 aliphatic heterocycles. The highest BCUT2D eigenvalue weighted by molar-refractivity contribution is 7.90. The van der Waals surface area contributed by atoms with Crippen LogP contribution in [0.15, 0.2) is 6.07 Å². The minimum Gasteiger partial charge on any atom is -0.324 e. The van der Waals surface area contributed by atoms with Crippen molar-refractivity contribution < 1.29 is 13.2 Å². The van der Waals surface area contributed by atoms with Gasteiger partial charge in [-0.25, -0.2) is 13.1 Å². The van der Waals surface area contributed by atoms with E-state index in [2.05, 4.69) is 21.4 Å². The molecule has 28 heavy (non-hydrogen) atoms. The summed E-state index contributed by atoms with van der Waals surface area (Å²) in [5.41, 5.74) is 6.24. The number of aryl methyl sites for hydroxylation is 2. The number of benzene rings is 1. The number of hydrogen-bond donors (Lipinski definition) is 3. The molecule has 1 fully saturated rings. The van der Waals surface area contributed by atoms with Crippen molar-refractivity contribution in [3.63, 3.8) is 0 Å². The predicted octanol–water partition coefficient (Wildman–Crippen LogP) is 2.05. The van der Waals surface area contributed by atoms with Gasteiger partial charge in [-0.15, -0.1) is 0 Å². The largest absolute Gasteiger partial charge is 0.324 e. The Labute approximate surface area is 167 Å². The van der Waals surface area contributed by atoms with Gasteiger partial charge in [0.15, 0.2) is 0 Å². The Kier molecular flexibility index (Phi) is 5.76. The smallest absolute Gasteiger partial charge is 0.242 e. The van der Waals surface area contributed by atoms with E-state index in [1.54, 1.807) is 0 Å². The maximum absolute atomic E-state index is 13.1. The first kappa shape index (κ1) is 19.9. The van der Waals surface area contributed by atoms with Crippen LogP contribution < -0.4 is 15.4 Å². The van der Waals surface area contributed by atoms with Crippen molar-refractivity contribution in [1.29, 1.82) is 0 Å². The molecule has 1 atom stereocenters. The summed E-state index contributed by atoms with van der Waals surface area (Å²) in [5, 5.41) is 5.91. The van der Waals surface area contributed by atoms with E-state index in [1.165, 1.54) is 22.3 Å². The molecule has 0 saturated carbocycles. The zero-order chi connectivity index (χ0) is 19.7. The monoisotopic (exact) mass is 405 g/mol. The van der Waals surface area contributed by atoms with Gasteiger partial charge in [-0.05, 0) is 93.1 Å². The van der Waals surface area contributed by atoms with Gasteiger partial charge < -0.3 is 10.6 Å². The summed E-state index contributed by atoms with van der Waals surface area (Å²) in [6, 6.07) is 1.60. The van der Waals surface area contributed by atoms with E-state index >= 15 is 0 Å². The molecule has 1 aromatic rings. The maximum atomic E-state index is 13.1. The molecule has 3 N–H and O–H groups in total. The number of hydrogen-bond acceptors (Lipinski definition) is 4. The maximum Gasteiger partial charge on any atom is 0.242 e. The molecule has 0 radical (unpaired) electrons. The lowest BCUT2D eigenvalue weighted by Gasteiger charge is -2.26. The number of carbonyl (C=O) groups excluding carboxylic acids is 1. The van der Waals surface area contributed by atoms with Gasteiger partial charge in [-0.3, -0.25) is 4.79 Å². The summed E-state index contributed by atoms with van der Waals surface area (Å²) >= 11 is 0. The van der Waals surface area contributed by atoms with Crippen LogP contribution in [0.25, 0.3) is 0 Å². The molecule has 0 bridgehead atoms. The molecular formula is C21H31N3O3S. The van der Waals surface area contributed by atoms with Crippen LogP contribution in [0, 0.1) is 0 Å². The van der Waals surface area contributed by atoms with Crippen LogP contribution in [-0.2, 0) is 40.5 Å². The first-order valence-corrected chi connectivity index (χ1v) is 12.2. The lowest BCUT2D eigenvalue weighted by atomic mass is 9.98. The van der Waals surface area contributed by atoms with E-state index in [4.69, 9.17) is 0 Å². The molecule has 154 valence electrons. The fourth-order valence-electron chi connectivity index (χ4n) is 4.90. The summed E-state index contributed by atoms with van der Waals surface area (Å²) in [6.07, 6.45) is 8.01. The molecule has 1 amide bonds. The van der Waals surface area contributed by atoms with E-state index in [0.717, 1.165) is 44.2 Å². The van der Waals surface area contributed by atoms with Crippen LogP contribution in [-0.4, -0.2) is 38.7 Å². The Hall–Kier alpha value is -1.44. The number of fused-ring (bicyclic) bond motifs is 2. The van der Waals surface area contributed by atoms with Crippen LogP contribution in [0.1, 0.15) is 61.3 Å². The van der Waals surface area contributed by atoms with Crippen molar-refractivity contribution in [3.05, 3.63) is 28.3 Å². The van der Waals surface area contributed by atoms with Crippen molar-refractivity contribution in [1.82, 2.24) is 10.0 Å². The lowest BCUT2D eigenvalue weighted by molar-refractivity contribution is -0.117. The van der Waals surface area contributed by atoms with Crippen molar-refractivity contribution >= 4 is 21.6 Å². The predicted molar refractivity (Wildman–Crippen MR) is 111 cm³/mol. The van der Waals surface area contributed by atoms with Crippen molar-refractivity contribution in [2.24, 2.45) is 0 Å². The van der Waals surface area contributed by atoms with E-state index in [1.807, 2.05) is 6.92 Å². The Balaban J connectivity index is 1.53. The van der Waals surface area contributed by atoms with Crippen molar-refractivity contribution in [3.8, 4) is 0 Å². The highest BCUT2D eigenvalue weighted by Crippen LogP contribution is 2.38. The van der Waals surface area contributed by atoms with E-state index < -0.39 is 21.3 Å². The van der Waals surface area contributed by atoms with Gasteiger partial charge in [0.2, 0.25) is 15.9 Å². The van der Waals surface area contributed by atoms with Crippen molar-refractivity contribution in [2.45, 2.75) is 76.0 Å². The van der Waals surface area contributed by atoms with Crippen LogP contribution in [0.3, 0.4) is 0 Å². The van der Waals surface area contributed by atoms with Crippen LogP contribution in [0.5, 0.6) is 0 Å². The van der Waals surface area contributed by atoms with Crippen LogP contribution in [0.2, 0.25) is 0 Å². The van der Waals surface area contributed by atoms with Gasteiger partial charge in [0.25, 0.3) is 0 Å². The second-order valence-electron chi connectivity index (χ2n) is 8.30. The number of nitrogens with one attached hydrogen (secondary N) is 3. The molecule has 1 aromatic carbocycles. The van der Waals surface area contributed by atoms with Crippen LogP contribution >= 0.6 is 0 Å². The van der Waals surface area contributed by atoms with Gasteiger partial charge in [-0.1, -0.05) is 13.0 Å². The van der Waals surface area contributed by atoms with Gasteiger partial charge in [-0.2, -0.15) is 0 Å². The molecular weight excluding hydrogens is 374 g/mol. The second kappa shape index (κ2) is 8.13. The Morgan fingerprint density at radius 3 is 2.29 bits per heavy atom. The zero-order valence-corrected chi connectivity index (χ0v) is 17.5. The molecule has 3 aliphatic rings. The fraction of sp³-hybridized carbons (Fsp3) is 0.667. The minimum absolute atomic E-state index is 0.227. The Morgan fingerprint density at radius 2 is 1.71 bits per heavy atom. The summed E-state index contributed by atoms with van der Waals surface area (Å²) in [5.74, 6) is -0.227. The number of anilines is 1. The summed E-state index contributed by atoms with van der Waals surface area (Å²) in [6.45, 7) is 3.27. The summed E-state index contributed by atoms with van der Waals surface area (Å²) < 4.78 is 28.2. The summed E-state index contributed by atoms with van der Waals surface area (Å²) in [4.78, 5) is 13.1. The first-order chi connectivity index (χ1) is 13.5. The standard InChI is InChI=1S/C21H31N3O3S/c1-2-19(24-28(26,27)16-9-11-22-12-10-16)21(25)23-20-17-7-3-5-14(17)13-15-6-4-8-18(15)20/h13,16,19,22,24H,2-12H2,1H3,(H,23,25). The third-order valence-electron chi connectivity index (χ3n) is 6.48. The third kappa shape index (κ3) is 3.84. The van der Waals surface area contributed by atoms with Crippen LogP contribution in [0.4, 0.5) is 5.69 Å². The Bertz CT molecular complexity index is 828. The van der Waals surface area contributed by atoms with Gasteiger partial charge >= 0.3 is 0 Å². The molecule has 1 saturated heterocycles. The molecule has 1 unspecified atom stereocenters. The topological polar surface area (TPSA) is 87.3 Å². The summed E-state index contributed by atoms with van der Waals surface area (Å²) in [7, 11) is -3.51. The van der Waals surface area contributed by atoms with Gasteiger partial charge in [0, 0.05) is 5.69 Å². The van der Waals surface area contributed by atoms with E-state index in [9.17, 15) is 13.2 Å². The normalized spacial score (nSPS) is 20.6. The zero-order valence-electron chi connectivity index (χ0n) is 16.6. The molecule has 4 rings (SSSR count). The Morgan fingerprint density at radius 1 is 1.11 bits per heavy atom. The van der Waals surface area contributed by atoms with Gasteiger partial charge in [0.1, 0.15) is 6.04 Å². The number of piperidine rings is 1. The quantitative estimate of drug-likeness (QED) is 0.676. The molecule has 2 aliphatic carbocycles. The second-order valence-corrected chi connectivity index (χ2v) is 10.3. The number of amides is 1. The van der Waals surface area contributed by atoms with Gasteiger partial charge in [0.05, 0.1) is 5.25 Å². The number of rotatable bonds is 6. The van der Waals surface area contributed by atoms with E-state index in [-0.39, 0.29) is 5.91 Å². The average molecular weight is 406 g/mol. The molecule has 0 aromatic heterocycles. The highest BCUT2D eigenvalue weighted by atomic mass is 32.2. The van der Waals surface area contributed by atoms with E-state index in [0.29, 0.717) is 32.4 Å². The lowest BCUT2D eigenvalue weighted by Crippen LogP contribution is -2.49. The fourth-order valence-corrected chi connectivity index (χ4v) is 6.62. The van der Waals surface area contributed by atoms with Crippen molar-refractivity contribution in [2.75, 3.05) is 18.4 Å². The molecule has 0 spiro atoms. The first-order valence-electron chi connectivity index (χ1n) is 10.7. The molecule has 7 heteroatoms. The SMILES string of the molecule is CCC(NS(=O)(=O)C1CCNCC1)C(=O)Nc1c2c(cc3c1CCC3)CCC2. The third-order valence-corrected chi connectivity index (χ3v) is 8.44. The molecule has 6 nitrogen and oxygen atoms in total.